The van der Waals surface area contributed by atoms with Crippen LogP contribution in [0, 0.1) is 5.92 Å². The van der Waals surface area contributed by atoms with Gasteiger partial charge in [-0.1, -0.05) is 25.0 Å². The molecule has 2 aliphatic rings. The van der Waals surface area contributed by atoms with Crippen molar-refractivity contribution in [3.05, 3.63) is 35.4 Å². The summed E-state index contributed by atoms with van der Waals surface area (Å²) in [5.74, 6) is -0.00232. The lowest BCUT2D eigenvalue weighted by atomic mass is 9.72. The van der Waals surface area contributed by atoms with E-state index in [4.69, 9.17) is 5.73 Å². The maximum Gasteiger partial charge on any atom is 0.248 e. The molecule has 2 fully saturated rings. The molecule has 0 aromatic heterocycles. The van der Waals surface area contributed by atoms with Crippen molar-refractivity contribution < 1.29 is 9.90 Å². The van der Waals surface area contributed by atoms with Crippen LogP contribution in [0.5, 0.6) is 0 Å². The lowest BCUT2D eigenvalue weighted by Gasteiger charge is -2.43. The highest BCUT2D eigenvalue weighted by atomic mass is 16.3. The van der Waals surface area contributed by atoms with Crippen LogP contribution in [0.3, 0.4) is 0 Å². The molecular formula is C19H28N2O2. The number of nitrogens with zero attached hydrogens (tertiary/aromatic N) is 1. The zero-order valence-corrected chi connectivity index (χ0v) is 14.0. The Bertz CT molecular complexity index is 553. The topological polar surface area (TPSA) is 66.6 Å². The van der Waals surface area contributed by atoms with E-state index in [1.807, 2.05) is 19.1 Å². The second-order valence-electron chi connectivity index (χ2n) is 7.45. The lowest BCUT2D eigenvalue weighted by Crippen LogP contribution is -2.48. The highest BCUT2D eigenvalue weighted by Crippen LogP contribution is 2.41. The monoisotopic (exact) mass is 316 g/mol. The molecule has 1 heterocycles. The molecular weight excluding hydrogens is 288 g/mol. The van der Waals surface area contributed by atoms with Crippen LogP contribution in [0.4, 0.5) is 0 Å². The van der Waals surface area contributed by atoms with E-state index in [0.717, 1.165) is 32.4 Å². The van der Waals surface area contributed by atoms with Crippen LogP contribution < -0.4 is 5.73 Å². The van der Waals surface area contributed by atoms with E-state index in [1.165, 1.54) is 24.8 Å². The number of hydrogen-bond acceptors (Lipinski definition) is 3. The Morgan fingerprint density at radius 3 is 2.65 bits per heavy atom. The van der Waals surface area contributed by atoms with Crippen LogP contribution in [0.1, 0.15) is 61.4 Å². The van der Waals surface area contributed by atoms with Crippen LogP contribution in [0.25, 0.3) is 0 Å². The number of carbonyl (C=O) groups excluding carboxylic acids is 1. The molecule has 1 aromatic carbocycles. The second-order valence-corrected chi connectivity index (χ2v) is 7.45. The number of rotatable bonds is 4. The van der Waals surface area contributed by atoms with E-state index < -0.39 is 5.60 Å². The van der Waals surface area contributed by atoms with E-state index in [9.17, 15) is 9.90 Å². The summed E-state index contributed by atoms with van der Waals surface area (Å²) in [7, 11) is 0. The Labute approximate surface area is 138 Å². The van der Waals surface area contributed by atoms with Gasteiger partial charge in [-0.2, -0.15) is 0 Å². The standard InChI is InChI=1S/C19H28N2O2/c1-19(23)11-3-2-5-16(19)17-6-4-12-21(17)13-14-7-9-15(10-8-14)18(20)22/h7-10,16-17,23H,2-6,11-13H2,1H3,(H2,20,22)/t16-,17-,19+/m1/s1. The first-order valence-corrected chi connectivity index (χ1v) is 8.82. The summed E-state index contributed by atoms with van der Waals surface area (Å²) in [4.78, 5) is 13.7. The zero-order chi connectivity index (χ0) is 16.4. The predicted molar refractivity (Wildman–Crippen MR) is 91.0 cm³/mol. The fourth-order valence-corrected chi connectivity index (χ4v) is 4.46. The molecule has 1 aliphatic heterocycles. The predicted octanol–water partition coefficient (Wildman–Crippen LogP) is 2.69. The maximum absolute atomic E-state index is 11.2. The molecule has 1 aromatic rings. The summed E-state index contributed by atoms with van der Waals surface area (Å²) in [5.41, 5.74) is 6.54. The Balaban J connectivity index is 1.70. The van der Waals surface area contributed by atoms with E-state index >= 15 is 0 Å². The summed E-state index contributed by atoms with van der Waals surface area (Å²) in [6.45, 7) is 4.00. The van der Waals surface area contributed by atoms with Gasteiger partial charge < -0.3 is 10.8 Å². The fraction of sp³-hybridized carbons (Fsp3) is 0.632. The third kappa shape index (κ3) is 3.59. The molecule has 3 N–H and O–H groups in total. The van der Waals surface area contributed by atoms with Gasteiger partial charge in [0.15, 0.2) is 0 Å². The molecule has 0 spiro atoms. The van der Waals surface area contributed by atoms with Crippen molar-refractivity contribution in [3.63, 3.8) is 0 Å². The normalized spacial score (nSPS) is 32.1. The average Bonchev–Trinajstić information content (AvgIpc) is 2.95. The van der Waals surface area contributed by atoms with Crippen molar-refractivity contribution in [2.45, 2.75) is 63.6 Å². The van der Waals surface area contributed by atoms with Crippen molar-refractivity contribution in [2.75, 3.05) is 6.54 Å². The van der Waals surface area contributed by atoms with Gasteiger partial charge in [0.1, 0.15) is 0 Å². The maximum atomic E-state index is 11.2. The minimum absolute atomic E-state index is 0.378. The molecule has 3 atom stereocenters. The number of likely N-dealkylation sites (tertiary alicyclic amines) is 1. The van der Waals surface area contributed by atoms with Gasteiger partial charge in [-0.15, -0.1) is 0 Å². The summed E-state index contributed by atoms with van der Waals surface area (Å²) < 4.78 is 0. The first-order chi connectivity index (χ1) is 11.0. The average molecular weight is 316 g/mol. The number of amides is 1. The van der Waals surface area contributed by atoms with E-state index in [-0.39, 0.29) is 5.91 Å². The molecule has 0 unspecified atom stereocenters. The first-order valence-electron chi connectivity index (χ1n) is 8.82. The molecule has 23 heavy (non-hydrogen) atoms. The van der Waals surface area contributed by atoms with Crippen molar-refractivity contribution >= 4 is 5.91 Å². The fourth-order valence-electron chi connectivity index (χ4n) is 4.46. The number of carbonyl (C=O) groups is 1. The highest BCUT2D eigenvalue weighted by molar-refractivity contribution is 5.92. The molecule has 1 amide bonds. The van der Waals surface area contributed by atoms with Crippen molar-refractivity contribution in [2.24, 2.45) is 11.7 Å². The minimum Gasteiger partial charge on any atom is -0.390 e. The highest BCUT2D eigenvalue weighted by Gasteiger charge is 2.43. The first kappa shape index (κ1) is 16.5. The molecule has 1 aliphatic carbocycles. The molecule has 4 heteroatoms. The minimum atomic E-state index is -0.526. The summed E-state index contributed by atoms with van der Waals surface area (Å²) in [5, 5.41) is 10.8. The van der Waals surface area contributed by atoms with Gasteiger partial charge in [0.25, 0.3) is 0 Å². The Kier molecular flexibility index (Phi) is 4.74. The summed E-state index contributed by atoms with van der Waals surface area (Å²) >= 11 is 0. The number of nitrogens with two attached hydrogens (primary N) is 1. The summed E-state index contributed by atoms with van der Waals surface area (Å²) in [6, 6.07) is 8.07. The van der Waals surface area contributed by atoms with Gasteiger partial charge in [0, 0.05) is 24.1 Å². The van der Waals surface area contributed by atoms with Gasteiger partial charge in [-0.25, -0.2) is 0 Å². The molecule has 3 rings (SSSR count). The van der Waals surface area contributed by atoms with Crippen LogP contribution in [-0.2, 0) is 6.54 Å². The Morgan fingerprint density at radius 2 is 2.00 bits per heavy atom. The Hall–Kier alpha value is -1.39. The summed E-state index contributed by atoms with van der Waals surface area (Å²) in [6.07, 6.45) is 6.82. The third-order valence-corrected chi connectivity index (χ3v) is 5.75. The smallest absolute Gasteiger partial charge is 0.248 e. The van der Waals surface area contributed by atoms with Crippen molar-refractivity contribution in [1.29, 1.82) is 0 Å². The zero-order valence-electron chi connectivity index (χ0n) is 14.0. The molecule has 4 nitrogen and oxygen atoms in total. The lowest BCUT2D eigenvalue weighted by molar-refractivity contribution is -0.0628. The molecule has 1 saturated heterocycles. The van der Waals surface area contributed by atoms with Crippen LogP contribution >= 0.6 is 0 Å². The number of benzene rings is 1. The number of hydrogen-bond donors (Lipinski definition) is 2. The van der Waals surface area contributed by atoms with Crippen molar-refractivity contribution in [1.82, 2.24) is 4.90 Å². The molecule has 0 bridgehead atoms. The molecule has 0 radical (unpaired) electrons. The number of aliphatic hydroxyl groups is 1. The third-order valence-electron chi connectivity index (χ3n) is 5.75. The van der Waals surface area contributed by atoms with Crippen molar-refractivity contribution in [3.8, 4) is 0 Å². The van der Waals surface area contributed by atoms with Gasteiger partial charge >= 0.3 is 0 Å². The van der Waals surface area contributed by atoms with E-state index in [0.29, 0.717) is 17.5 Å². The van der Waals surface area contributed by atoms with Crippen LogP contribution in [0.2, 0.25) is 0 Å². The largest absolute Gasteiger partial charge is 0.390 e. The van der Waals surface area contributed by atoms with Gasteiger partial charge in [0.05, 0.1) is 5.60 Å². The quantitative estimate of drug-likeness (QED) is 0.897. The van der Waals surface area contributed by atoms with Crippen LogP contribution in [-0.4, -0.2) is 34.1 Å². The van der Waals surface area contributed by atoms with Gasteiger partial charge in [-0.3, -0.25) is 9.69 Å². The van der Waals surface area contributed by atoms with Crippen LogP contribution in [0.15, 0.2) is 24.3 Å². The number of primary amides is 1. The van der Waals surface area contributed by atoms with E-state index in [1.54, 1.807) is 12.1 Å². The van der Waals surface area contributed by atoms with Gasteiger partial charge in [0.2, 0.25) is 5.91 Å². The van der Waals surface area contributed by atoms with Gasteiger partial charge in [-0.05, 0) is 56.8 Å². The SMILES string of the molecule is C[C@]1(O)CCCC[C@@H]1[C@H]1CCCN1Cc1ccc(C(N)=O)cc1. The van der Waals surface area contributed by atoms with E-state index in [2.05, 4.69) is 4.90 Å². The molecule has 1 saturated carbocycles. The Morgan fingerprint density at radius 1 is 1.26 bits per heavy atom. The second kappa shape index (κ2) is 6.62. The molecule has 126 valence electrons.